The van der Waals surface area contributed by atoms with Crippen LogP contribution in [0.3, 0.4) is 0 Å². The van der Waals surface area contributed by atoms with Gasteiger partial charge >= 0.3 is 0 Å². The average Bonchev–Trinajstić information content (AvgIpc) is 2.34. The molecule has 2 rings (SSSR count). The topological polar surface area (TPSA) is 89.3 Å². The Kier molecular flexibility index (Phi) is 3.41. The van der Waals surface area contributed by atoms with E-state index in [2.05, 4.69) is 5.32 Å². The van der Waals surface area contributed by atoms with Crippen molar-refractivity contribution >= 4 is 21.4 Å². The average molecular weight is 268 g/mol. The lowest BCUT2D eigenvalue weighted by Gasteiger charge is -2.26. The van der Waals surface area contributed by atoms with Crippen LogP contribution in [0.1, 0.15) is 18.9 Å². The third-order valence-corrected chi connectivity index (χ3v) is 5.30. The molecule has 0 radical (unpaired) electrons. The number of anilines is 1. The first-order valence-electron chi connectivity index (χ1n) is 5.89. The van der Waals surface area contributed by atoms with Crippen molar-refractivity contribution < 1.29 is 13.2 Å². The summed E-state index contributed by atoms with van der Waals surface area (Å²) in [4.78, 5) is 12.1. The van der Waals surface area contributed by atoms with Crippen molar-refractivity contribution in [1.82, 2.24) is 0 Å². The van der Waals surface area contributed by atoms with E-state index in [1.165, 1.54) is 6.07 Å². The number of aryl methyl sites for hydroxylation is 1. The lowest BCUT2D eigenvalue weighted by Crippen LogP contribution is -2.41. The SMILES string of the molecule is CCc1cccc2c1NC(=O)C(CCN)S2(=O)=O. The Morgan fingerprint density at radius 2 is 2.11 bits per heavy atom. The molecular weight excluding hydrogens is 252 g/mol. The number of rotatable bonds is 3. The molecule has 3 N–H and O–H groups in total. The van der Waals surface area contributed by atoms with E-state index < -0.39 is 21.0 Å². The van der Waals surface area contributed by atoms with E-state index in [1.807, 2.05) is 13.0 Å². The van der Waals surface area contributed by atoms with Crippen LogP contribution in [0.4, 0.5) is 5.69 Å². The Labute approximate surface area is 106 Å². The molecule has 1 aliphatic heterocycles. The molecule has 1 heterocycles. The van der Waals surface area contributed by atoms with Crippen molar-refractivity contribution in [2.24, 2.45) is 5.73 Å². The van der Waals surface area contributed by atoms with Crippen LogP contribution in [-0.2, 0) is 21.1 Å². The number of carbonyl (C=O) groups is 1. The zero-order valence-corrected chi connectivity index (χ0v) is 11.0. The predicted molar refractivity (Wildman–Crippen MR) is 69.1 cm³/mol. The number of para-hydroxylation sites is 1. The molecule has 18 heavy (non-hydrogen) atoms. The number of hydrogen-bond donors (Lipinski definition) is 2. The van der Waals surface area contributed by atoms with Gasteiger partial charge in [-0.15, -0.1) is 0 Å². The summed E-state index contributed by atoms with van der Waals surface area (Å²) in [7, 11) is -3.62. The smallest absolute Gasteiger partial charge is 0.243 e. The summed E-state index contributed by atoms with van der Waals surface area (Å²) < 4.78 is 24.7. The van der Waals surface area contributed by atoms with Crippen molar-refractivity contribution in [2.45, 2.75) is 29.9 Å². The Morgan fingerprint density at radius 3 is 2.72 bits per heavy atom. The minimum Gasteiger partial charge on any atom is -0.330 e. The van der Waals surface area contributed by atoms with Gasteiger partial charge in [0.05, 0.1) is 10.6 Å². The molecular formula is C12H16N2O3S. The molecule has 1 aromatic carbocycles. The maximum Gasteiger partial charge on any atom is 0.243 e. The third kappa shape index (κ3) is 1.91. The van der Waals surface area contributed by atoms with Gasteiger partial charge in [0.15, 0.2) is 9.84 Å². The first kappa shape index (κ1) is 13.0. The minimum absolute atomic E-state index is 0.143. The minimum atomic E-state index is -3.62. The third-order valence-electron chi connectivity index (χ3n) is 3.14. The van der Waals surface area contributed by atoms with E-state index in [4.69, 9.17) is 5.73 Å². The highest BCUT2D eigenvalue weighted by Gasteiger charge is 2.40. The van der Waals surface area contributed by atoms with Gasteiger partial charge < -0.3 is 11.1 Å². The van der Waals surface area contributed by atoms with Crippen LogP contribution in [0, 0.1) is 0 Å². The highest BCUT2D eigenvalue weighted by Crippen LogP contribution is 2.34. The van der Waals surface area contributed by atoms with Crippen LogP contribution in [0.2, 0.25) is 0 Å². The van der Waals surface area contributed by atoms with Gasteiger partial charge in [0.25, 0.3) is 0 Å². The monoisotopic (exact) mass is 268 g/mol. The normalized spacial score (nSPS) is 21.2. The van der Waals surface area contributed by atoms with E-state index in [0.717, 1.165) is 5.56 Å². The number of fused-ring (bicyclic) bond motifs is 1. The Bertz CT molecular complexity index is 581. The second-order valence-corrected chi connectivity index (χ2v) is 6.34. The van der Waals surface area contributed by atoms with Gasteiger partial charge in [-0.3, -0.25) is 4.79 Å². The molecule has 0 aromatic heterocycles. The van der Waals surface area contributed by atoms with Crippen molar-refractivity contribution in [3.05, 3.63) is 23.8 Å². The van der Waals surface area contributed by atoms with Crippen molar-refractivity contribution in [3.8, 4) is 0 Å². The summed E-state index contributed by atoms with van der Waals surface area (Å²) in [6.07, 6.45) is 0.810. The molecule has 1 aliphatic rings. The van der Waals surface area contributed by atoms with E-state index in [0.29, 0.717) is 12.1 Å². The summed E-state index contributed by atoms with van der Waals surface area (Å²) in [5.41, 5.74) is 6.63. The highest BCUT2D eigenvalue weighted by atomic mass is 32.2. The molecule has 1 aromatic rings. The largest absolute Gasteiger partial charge is 0.330 e. The number of sulfone groups is 1. The van der Waals surface area contributed by atoms with Gasteiger partial charge in [0, 0.05) is 0 Å². The number of nitrogens with two attached hydrogens (primary N) is 1. The number of hydrogen-bond acceptors (Lipinski definition) is 4. The molecule has 0 spiro atoms. The lowest BCUT2D eigenvalue weighted by molar-refractivity contribution is -0.116. The first-order valence-corrected chi connectivity index (χ1v) is 7.43. The summed E-state index contributed by atoms with van der Waals surface area (Å²) in [6, 6.07) is 5.05. The molecule has 0 aliphatic carbocycles. The zero-order chi connectivity index (χ0) is 13.3. The van der Waals surface area contributed by atoms with E-state index in [9.17, 15) is 13.2 Å². The van der Waals surface area contributed by atoms with Crippen LogP contribution in [0.5, 0.6) is 0 Å². The van der Waals surface area contributed by atoms with Gasteiger partial charge in [-0.2, -0.15) is 0 Å². The molecule has 0 fully saturated rings. The highest BCUT2D eigenvalue weighted by molar-refractivity contribution is 7.93. The maximum atomic E-state index is 12.4. The van der Waals surface area contributed by atoms with E-state index in [1.54, 1.807) is 6.07 Å². The van der Waals surface area contributed by atoms with Crippen LogP contribution in [0.15, 0.2) is 23.1 Å². The second kappa shape index (κ2) is 4.70. The summed E-state index contributed by atoms with van der Waals surface area (Å²) in [5, 5.41) is 1.63. The van der Waals surface area contributed by atoms with Crippen molar-refractivity contribution in [1.29, 1.82) is 0 Å². The van der Waals surface area contributed by atoms with Gasteiger partial charge in [0.2, 0.25) is 5.91 Å². The number of benzene rings is 1. The molecule has 1 unspecified atom stereocenters. The summed E-state index contributed by atoms with van der Waals surface area (Å²) >= 11 is 0. The Balaban J connectivity index is 2.61. The van der Waals surface area contributed by atoms with Crippen LogP contribution >= 0.6 is 0 Å². The van der Waals surface area contributed by atoms with Crippen LogP contribution in [-0.4, -0.2) is 26.1 Å². The summed E-state index contributed by atoms with van der Waals surface area (Å²) in [6.45, 7) is 2.08. The van der Waals surface area contributed by atoms with E-state index in [-0.39, 0.29) is 17.9 Å². The molecule has 1 amide bonds. The van der Waals surface area contributed by atoms with Crippen LogP contribution < -0.4 is 11.1 Å². The van der Waals surface area contributed by atoms with E-state index >= 15 is 0 Å². The van der Waals surface area contributed by atoms with Gasteiger partial charge in [-0.25, -0.2) is 8.42 Å². The molecule has 0 saturated carbocycles. The van der Waals surface area contributed by atoms with Crippen LogP contribution in [0.25, 0.3) is 0 Å². The number of amides is 1. The maximum absolute atomic E-state index is 12.4. The van der Waals surface area contributed by atoms with Crippen molar-refractivity contribution in [3.63, 3.8) is 0 Å². The molecule has 0 bridgehead atoms. The molecule has 0 saturated heterocycles. The fourth-order valence-corrected chi connectivity index (χ4v) is 4.01. The predicted octanol–water partition coefficient (Wildman–Crippen LogP) is 0.692. The second-order valence-electron chi connectivity index (χ2n) is 4.24. The fourth-order valence-electron chi connectivity index (χ4n) is 2.19. The molecule has 5 nitrogen and oxygen atoms in total. The molecule has 98 valence electrons. The zero-order valence-electron chi connectivity index (χ0n) is 10.1. The number of nitrogens with one attached hydrogen (secondary N) is 1. The standard InChI is InChI=1S/C12H16N2O3S/c1-2-8-4-3-5-9-11(8)14-12(15)10(6-7-13)18(9,16)17/h3-5,10H,2,6-7,13H2,1H3,(H,14,15). The Morgan fingerprint density at radius 1 is 1.39 bits per heavy atom. The molecule has 1 atom stereocenters. The quantitative estimate of drug-likeness (QED) is 0.844. The molecule has 6 heteroatoms. The van der Waals surface area contributed by atoms with Crippen molar-refractivity contribution in [2.75, 3.05) is 11.9 Å². The Hall–Kier alpha value is -1.40. The van der Waals surface area contributed by atoms with Gasteiger partial charge in [-0.05, 0) is 31.0 Å². The fraction of sp³-hybridized carbons (Fsp3) is 0.417. The van der Waals surface area contributed by atoms with Gasteiger partial charge in [-0.1, -0.05) is 19.1 Å². The van der Waals surface area contributed by atoms with Gasteiger partial charge in [0.1, 0.15) is 5.25 Å². The number of carbonyl (C=O) groups excluding carboxylic acids is 1. The first-order chi connectivity index (χ1) is 8.52. The summed E-state index contributed by atoms with van der Waals surface area (Å²) in [5.74, 6) is -0.478. The lowest BCUT2D eigenvalue weighted by atomic mass is 10.1.